The van der Waals surface area contributed by atoms with Crippen LogP contribution in [0.15, 0.2) is 23.5 Å². The van der Waals surface area contributed by atoms with Crippen molar-refractivity contribution in [2.24, 2.45) is 5.11 Å². The zero-order chi connectivity index (χ0) is 13.6. The van der Waals surface area contributed by atoms with Crippen molar-refractivity contribution in [2.75, 3.05) is 13.7 Å². The van der Waals surface area contributed by atoms with E-state index in [4.69, 9.17) is 5.53 Å². The maximum atomic E-state index is 12.6. The minimum atomic E-state index is -4.53. The van der Waals surface area contributed by atoms with E-state index in [9.17, 15) is 13.2 Å². The molecule has 0 amide bonds. The maximum absolute atomic E-state index is 12.6. The summed E-state index contributed by atoms with van der Waals surface area (Å²) in [6.07, 6.45) is -0.479. The van der Waals surface area contributed by atoms with E-state index in [0.29, 0.717) is 0 Å². The summed E-state index contributed by atoms with van der Waals surface area (Å²) in [7, 11) is 1.12. The second-order valence-corrected chi connectivity index (χ2v) is 3.14. The largest absolute Gasteiger partial charge is 0.481 e. The Balaban J connectivity index is 3.03. The molecule has 96 valence electrons. The molecule has 0 saturated carbocycles. The fraction of sp³-hybridized carbons (Fsp3) is 0.300. The van der Waals surface area contributed by atoms with E-state index in [1.807, 2.05) is 0 Å². The molecule has 5 nitrogen and oxygen atoms in total. The molecule has 0 bridgehead atoms. The van der Waals surface area contributed by atoms with Gasteiger partial charge < -0.3 is 4.74 Å². The Kier molecular flexibility index (Phi) is 4.56. The number of ether oxygens (including phenoxy) is 1. The van der Waals surface area contributed by atoms with Gasteiger partial charge in [0.1, 0.15) is 5.56 Å². The Labute approximate surface area is 101 Å². The van der Waals surface area contributed by atoms with Crippen LogP contribution in [0.1, 0.15) is 11.1 Å². The smallest absolute Gasteiger partial charge is 0.421 e. The quantitative estimate of drug-likeness (QED) is 0.471. The van der Waals surface area contributed by atoms with Gasteiger partial charge in [-0.25, -0.2) is 4.98 Å². The number of alkyl halides is 3. The maximum Gasteiger partial charge on any atom is 0.421 e. The summed E-state index contributed by atoms with van der Waals surface area (Å²) in [6, 6.07) is 0.915. The van der Waals surface area contributed by atoms with Crippen LogP contribution in [0.4, 0.5) is 13.2 Å². The van der Waals surface area contributed by atoms with Crippen molar-refractivity contribution in [1.82, 2.24) is 4.98 Å². The van der Waals surface area contributed by atoms with E-state index in [0.717, 1.165) is 13.2 Å². The molecule has 1 aromatic rings. The minimum absolute atomic E-state index is 0.0594. The molecule has 0 aliphatic carbocycles. The minimum Gasteiger partial charge on any atom is -0.481 e. The molecule has 8 heteroatoms. The molecule has 1 heterocycles. The van der Waals surface area contributed by atoms with Crippen LogP contribution >= 0.6 is 0 Å². The molecule has 0 atom stereocenters. The second kappa shape index (κ2) is 5.92. The van der Waals surface area contributed by atoms with Gasteiger partial charge in [0, 0.05) is 17.7 Å². The van der Waals surface area contributed by atoms with Crippen LogP contribution in [-0.4, -0.2) is 18.6 Å². The van der Waals surface area contributed by atoms with Gasteiger partial charge in [-0.2, -0.15) is 13.2 Å². The second-order valence-electron chi connectivity index (χ2n) is 3.14. The molecule has 0 saturated heterocycles. The molecule has 1 aromatic heterocycles. The highest BCUT2D eigenvalue weighted by atomic mass is 19.4. The van der Waals surface area contributed by atoms with E-state index in [2.05, 4.69) is 19.7 Å². The van der Waals surface area contributed by atoms with Crippen LogP contribution in [0, 0.1) is 0 Å². The van der Waals surface area contributed by atoms with E-state index < -0.39 is 17.6 Å². The van der Waals surface area contributed by atoms with Gasteiger partial charge in [-0.15, -0.1) is 0 Å². The lowest BCUT2D eigenvalue weighted by Gasteiger charge is -2.11. The highest BCUT2D eigenvalue weighted by molar-refractivity contribution is 5.51. The molecule has 0 aliphatic rings. The van der Waals surface area contributed by atoms with Gasteiger partial charge in [-0.05, 0) is 17.2 Å². The normalized spacial score (nSPS) is 11.3. The van der Waals surface area contributed by atoms with E-state index in [1.54, 1.807) is 0 Å². The number of aromatic nitrogens is 1. The lowest BCUT2D eigenvalue weighted by atomic mass is 10.2. The van der Waals surface area contributed by atoms with Gasteiger partial charge in [0.15, 0.2) is 0 Å². The van der Waals surface area contributed by atoms with Crippen molar-refractivity contribution in [2.45, 2.75) is 6.18 Å². The van der Waals surface area contributed by atoms with E-state index >= 15 is 0 Å². The zero-order valence-corrected chi connectivity index (χ0v) is 9.35. The molecule has 0 aromatic carbocycles. The number of nitrogens with zero attached hydrogens (tertiary/aromatic N) is 4. The van der Waals surface area contributed by atoms with Crippen LogP contribution < -0.4 is 4.74 Å². The van der Waals surface area contributed by atoms with Gasteiger partial charge in [0.05, 0.1) is 7.11 Å². The number of azide groups is 1. The lowest BCUT2D eigenvalue weighted by Crippen LogP contribution is -2.09. The van der Waals surface area contributed by atoms with Crippen molar-refractivity contribution < 1.29 is 17.9 Å². The predicted octanol–water partition coefficient (Wildman–Crippen LogP) is 3.43. The highest BCUT2D eigenvalue weighted by Crippen LogP contribution is 2.35. The third kappa shape index (κ3) is 3.67. The zero-order valence-electron chi connectivity index (χ0n) is 9.35. The van der Waals surface area contributed by atoms with Crippen molar-refractivity contribution in [3.8, 4) is 5.88 Å². The fourth-order valence-electron chi connectivity index (χ4n) is 1.20. The fourth-order valence-corrected chi connectivity index (χ4v) is 1.20. The first-order chi connectivity index (χ1) is 8.49. The van der Waals surface area contributed by atoms with Crippen molar-refractivity contribution >= 4 is 6.08 Å². The molecule has 0 unspecified atom stereocenters. The highest BCUT2D eigenvalue weighted by Gasteiger charge is 2.35. The number of halogens is 3. The van der Waals surface area contributed by atoms with E-state index in [1.165, 1.54) is 18.3 Å². The Hall–Kier alpha value is -2.21. The van der Waals surface area contributed by atoms with Crippen LogP contribution in [0.3, 0.4) is 0 Å². The molecule has 18 heavy (non-hydrogen) atoms. The summed E-state index contributed by atoms with van der Waals surface area (Å²) in [5, 5.41) is 3.22. The summed E-state index contributed by atoms with van der Waals surface area (Å²) in [5.74, 6) is -0.477. The number of methoxy groups -OCH3 is 1. The first-order valence-corrected chi connectivity index (χ1v) is 4.77. The average Bonchev–Trinajstić information content (AvgIpc) is 2.33. The number of pyridine rings is 1. The summed E-state index contributed by atoms with van der Waals surface area (Å²) < 4.78 is 42.5. The first-order valence-electron chi connectivity index (χ1n) is 4.77. The summed E-state index contributed by atoms with van der Waals surface area (Å²) in [4.78, 5) is 6.07. The van der Waals surface area contributed by atoms with Gasteiger partial charge in [-0.1, -0.05) is 17.3 Å². The lowest BCUT2D eigenvalue weighted by molar-refractivity contribution is -0.139. The third-order valence-corrected chi connectivity index (χ3v) is 1.93. The molecule has 1 rings (SSSR count). The summed E-state index contributed by atoms with van der Waals surface area (Å²) in [5.41, 5.74) is 7.33. The Morgan fingerprint density at radius 3 is 2.83 bits per heavy atom. The summed E-state index contributed by atoms with van der Waals surface area (Å²) in [6.45, 7) is 0.0594. The number of hydrogen-bond donors (Lipinski definition) is 0. The molecular weight excluding hydrogens is 249 g/mol. The average molecular weight is 258 g/mol. The molecule has 0 radical (unpaired) electrons. The van der Waals surface area contributed by atoms with Crippen LogP contribution in [-0.2, 0) is 6.18 Å². The van der Waals surface area contributed by atoms with Gasteiger partial charge in [-0.3, -0.25) is 0 Å². The van der Waals surface area contributed by atoms with Crippen molar-refractivity contribution in [3.05, 3.63) is 39.9 Å². The number of hydrogen-bond acceptors (Lipinski definition) is 3. The molecule has 0 spiro atoms. The SMILES string of the molecule is COc1ncc(C=CCN=[N+]=[N-])cc1C(F)(F)F. The standard InChI is InChI=1S/C10H9F3N4O/c1-18-9-8(10(11,12)13)5-7(6-15-9)3-2-4-16-17-14/h2-3,5-6H,4H2,1H3. The van der Waals surface area contributed by atoms with Gasteiger partial charge >= 0.3 is 6.18 Å². The molecular formula is C10H9F3N4O. The molecule has 0 fully saturated rings. The third-order valence-electron chi connectivity index (χ3n) is 1.93. The van der Waals surface area contributed by atoms with Crippen LogP contribution in [0.2, 0.25) is 0 Å². The van der Waals surface area contributed by atoms with E-state index in [-0.39, 0.29) is 12.1 Å². The van der Waals surface area contributed by atoms with Crippen LogP contribution in [0.25, 0.3) is 16.5 Å². The van der Waals surface area contributed by atoms with Gasteiger partial charge in [0.25, 0.3) is 0 Å². The Morgan fingerprint density at radius 1 is 1.56 bits per heavy atom. The Bertz CT molecular complexity index is 492. The summed E-state index contributed by atoms with van der Waals surface area (Å²) >= 11 is 0. The topological polar surface area (TPSA) is 70.9 Å². The first kappa shape index (κ1) is 13.9. The Morgan fingerprint density at radius 2 is 2.28 bits per heavy atom. The van der Waals surface area contributed by atoms with Crippen molar-refractivity contribution in [3.63, 3.8) is 0 Å². The molecule has 0 N–H and O–H groups in total. The van der Waals surface area contributed by atoms with Gasteiger partial charge in [0.2, 0.25) is 5.88 Å². The predicted molar refractivity (Wildman–Crippen MR) is 58.8 cm³/mol. The van der Waals surface area contributed by atoms with Crippen molar-refractivity contribution in [1.29, 1.82) is 0 Å². The monoisotopic (exact) mass is 258 g/mol. The number of rotatable bonds is 4. The molecule has 0 aliphatic heterocycles. The van der Waals surface area contributed by atoms with Crippen LogP contribution in [0.5, 0.6) is 5.88 Å².